The zero-order valence-electron chi connectivity index (χ0n) is 17.7. The van der Waals surface area contributed by atoms with Crippen molar-refractivity contribution in [2.45, 2.75) is 38.6 Å². The molecule has 0 unspecified atom stereocenters. The minimum absolute atomic E-state index is 0.142. The summed E-state index contributed by atoms with van der Waals surface area (Å²) in [7, 11) is 0. The van der Waals surface area contributed by atoms with Gasteiger partial charge in [-0.1, -0.05) is 12.1 Å². The predicted octanol–water partition coefficient (Wildman–Crippen LogP) is 6.33. The number of aromatic nitrogens is 3. The Kier molecular flexibility index (Phi) is 5.66. The Bertz CT molecular complexity index is 1240. The fraction of sp³-hybridized carbons (Fsp3) is 0.261. The van der Waals surface area contributed by atoms with Crippen LogP contribution in [-0.2, 0) is 0 Å². The second-order valence-electron chi connectivity index (χ2n) is 7.46. The minimum atomic E-state index is -0.155. The van der Waals surface area contributed by atoms with Crippen LogP contribution in [0.3, 0.4) is 0 Å². The molecule has 154 valence electrons. The first-order chi connectivity index (χ1) is 14.4. The average Bonchev–Trinajstić information content (AvgIpc) is 3.30. The zero-order valence-corrected chi connectivity index (χ0v) is 19.3. The van der Waals surface area contributed by atoms with Gasteiger partial charge in [-0.05, 0) is 58.2 Å². The van der Waals surface area contributed by atoms with E-state index in [0.717, 1.165) is 32.9 Å². The molecule has 1 amide bonds. The van der Waals surface area contributed by atoms with Crippen molar-refractivity contribution < 1.29 is 4.79 Å². The van der Waals surface area contributed by atoms with E-state index in [2.05, 4.69) is 44.2 Å². The second-order valence-corrected chi connectivity index (χ2v) is 9.77. The quantitative estimate of drug-likeness (QED) is 0.371. The summed E-state index contributed by atoms with van der Waals surface area (Å²) in [4.78, 5) is 21.7. The molecule has 0 saturated heterocycles. The number of benzene rings is 1. The van der Waals surface area contributed by atoms with Crippen LogP contribution in [0, 0.1) is 13.8 Å². The van der Waals surface area contributed by atoms with Crippen molar-refractivity contribution in [1.29, 1.82) is 0 Å². The van der Waals surface area contributed by atoms with E-state index in [9.17, 15) is 4.79 Å². The van der Waals surface area contributed by atoms with Crippen LogP contribution in [0.25, 0.3) is 22.3 Å². The number of fused-ring (bicyclic) bond motifs is 1. The van der Waals surface area contributed by atoms with Gasteiger partial charge in [0.15, 0.2) is 5.65 Å². The first kappa shape index (κ1) is 20.6. The molecule has 0 atom stereocenters. The fourth-order valence-electron chi connectivity index (χ4n) is 3.54. The van der Waals surface area contributed by atoms with Crippen molar-refractivity contribution in [2.24, 2.45) is 0 Å². The van der Waals surface area contributed by atoms with Gasteiger partial charge in [-0.2, -0.15) is 5.10 Å². The summed E-state index contributed by atoms with van der Waals surface area (Å²) in [6.45, 7) is 8.31. The number of pyridine rings is 1. The third-order valence-electron chi connectivity index (χ3n) is 4.97. The summed E-state index contributed by atoms with van der Waals surface area (Å²) in [5.74, 6) is -0.155. The lowest BCUT2D eigenvalue weighted by atomic mass is 10.1. The largest absolute Gasteiger partial charge is 0.321 e. The third-order valence-corrected chi connectivity index (χ3v) is 6.73. The van der Waals surface area contributed by atoms with Gasteiger partial charge in [0.25, 0.3) is 5.91 Å². The maximum absolute atomic E-state index is 13.4. The van der Waals surface area contributed by atoms with Gasteiger partial charge in [0.2, 0.25) is 0 Å². The fourth-order valence-corrected chi connectivity index (χ4v) is 5.03. The Morgan fingerprint density at radius 1 is 1.20 bits per heavy atom. The average molecular weight is 437 g/mol. The number of anilines is 1. The number of aryl methyl sites for hydroxylation is 2. The van der Waals surface area contributed by atoms with E-state index in [4.69, 9.17) is 4.98 Å². The Labute approximate surface area is 184 Å². The summed E-state index contributed by atoms with van der Waals surface area (Å²) < 4.78 is 1.88. The van der Waals surface area contributed by atoms with Crippen molar-refractivity contribution in [1.82, 2.24) is 14.8 Å². The Morgan fingerprint density at radius 2 is 1.97 bits per heavy atom. The molecular formula is C23H24N4OS2. The molecule has 0 fully saturated rings. The Morgan fingerprint density at radius 3 is 2.63 bits per heavy atom. The maximum Gasteiger partial charge on any atom is 0.256 e. The van der Waals surface area contributed by atoms with Crippen molar-refractivity contribution in [3.8, 4) is 11.3 Å². The molecular weight excluding hydrogens is 412 g/mol. The van der Waals surface area contributed by atoms with Crippen LogP contribution in [0.2, 0.25) is 0 Å². The number of thioether (sulfide) groups is 1. The Hall–Kier alpha value is -2.64. The number of carbonyl (C=O) groups is 1. The number of carbonyl (C=O) groups excluding carboxylic acids is 1. The molecule has 0 aliphatic heterocycles. The van der Waals surface area contributed by atoms with Gasteiger partial charge in [0, 0.05) is 26.3 Å². The molecule has 0 aliphatic rings. The summed E-state index contributed by atoms with van der Waals surface area (Å²) >= 11 is 3.34. The maximum atomic E-state index is 13.4. The molecule has 7 heteroatoms. The number of thiophene rings is 1. The van der Waals surface area contributed by atoms with E-state index in [0.29, 0.717) is 5.56 Å². The molecule has 3 aromatic heterocycles. The second kappa shape index (κ2) is 8.24. The molecule has 0 aliphatic carbocycles. The standard InChI is InChI=1S/C23H24N4OS2/c1-13(2)27-22-18(12-24-27)17(11-20(25-22)16-10-14(3)30-15(16)4)23(28)26-19-8-6-7-9-21(19)29-5/h6-13H,1-5H3,(H,26,28). The lowest BCUT2D eigenvalue weighted by Crippen LogP contribution is -2.14. The van der Waals surface area contributed by atoms with Crippen LogP contribution in [0.5, 0.6) is 0 Å². The highest BCUT2D eigenvalue weighted by Crippen LogP contribution is 2.33. The molecule has 0 bridgehead atoms. The smallest absolute Gasteiger partial charge is 0.256 e. The summed E-state index contributed by atoms with van der Waals surface area (Å²) in [5, 5.41) is 8.36. The molecule has 3 heterocycles. The number of hydrogen-bond acceptors (Lipinski definition) is 5. The van der Waals surface area contributed by atoms with Crippen LogP contribution in [0.15, 0.2) is 47.5 Å². The van der Waals surface area contributed by atoms with E-state index in [1.54, 1.807) is 29.3 Å². The molecule has 0 radical (unpaired) electrons. The summed E-state index contributed by atoms with van der Waals surface area (Å²) in [6.07, 6.45) is 3.75. The zero-order chi connectivity index (χ0) is 21.4. The van der Waals surface area contributed by atoms with Gasteiger partial charge in [0.1, 0.15) is 0 Å². The lowest BCUT2D eigenvalue weighted by Gasteiger charge is -2.12. The van der Waals surface area contributed by atoms with E-state index < -0.39 is 0 Å². The number of hydrogen-bond donors (Lipinski definition) is 1. The normalized spacial score (nSPS) is 11.4. The van der Waals surface area contributed by atoms with Crippen LogP contribution in [-0.4, -0.2) is 26.9 Å². The number of para-hydroxylation sites is 1. The topological polar surface area (TPSA) is 59.8 Å². The van der Waals surface area contributed by atoms with Gasteiger partial charge < -0.3 is 5.32 Å². The van der Waals surface area contributed by atoms with E-state index in [1.807, 2.05) is 41.3 Å². The summed E-state index contributed by atoms with van der Waals surface area (Å²) in [6, 6.07) is 12.0. The molecule has 4 rings (SSSR count). The van der Waals surface area contributed by atoms with Crippen molar-refractivity contribution in [3.05, 3.63) is 57.9 Å². The van der Waals surface area contributed by atoms with Crippen LogP contribution in [0.4, 0.5) is 5.69 Å². The highest BCUT2D eigenvalue weighted by Gasteiger charge is 2.20. The van der Waals surface area contributed by atoms with Gasteiger partial charge >= 0.3 is 0 Å². The molecule has 0 spiro atoms. The van der Waals surface area contributed by atoms with E-state index >= 15 is 0 Å². The van der Waals surface area contributed by atoms with Gasteiger partial charge in [-0.15, -0.1) is 23.1 Å². The van der Waals surface area contributed by atoms with Crippen molar-refractivity contribution in [2.75, 3.05) is 11.6 Å². The van der Waals surface area contributed by atoms with Gasteiger partial charge in [0.05, 0.1) is 28.5 Å². The van der Waals surface area contributed by atoms with Gasteiger partial charge in [-0.3, -0.25) is 4.79 Å². The Balaban J connectivity index is 1.87. The van der Waals surface area contributed by atoms with Crippen molar-refractivity contribution in [3.63, 3.8) is 0 Å². The molecule has 1 aromatic carbocycles. The first-order valence-electron chi connectivity index (χ1n) is 9.79. The van der Waals surface area contributed by atoms with E-state index in [1.165, 1.54) is 9.75 Å². The first-order valence-corrected chi connectivity index (χ1v) is 11.8. The van der Waals surface area contributed by atoms with Crippen LogP contribution in [0.1, 0.15) is 40.0 Å². The highest BCUT2D eigenvalue weighted by atomic mass is 32.2. The highest BCUT2D eigenvalue weighted by molar-refractivity contribution is 7.98. The predicted molar refractivity (Wildman–Crippen MR) is 127 cm³/mol. The SMILES string of the molecule is CSc1ccccc1NC(=O)c1cc(-c2cc(C)sc2C)nc2c1cnn2C(C)C. The van der Waals surface area contributed by atoms with Crippen molar-refractivity contribution >= 4 is 45.7 Å². The minimum Gasteiger partial charge on any atom is -0.321 e. The van der Waals surface area contributed by atoms with Crippen LogP contribution >= 0.6 is 23.1 Å². The number of rotatable bonds is 5. The summed E-state index contributed by atoms with van der Waals surface area (Å²) in [5.41, 5.74) is 3.99. The molecule has 1 N–H and O–H groups in total. The molecule has 30 heavy (non-hydrogen) atoms. The van der Waals surface area contributed by atoms with E-state index in [-0.39, 0.29) is 11.9 Å². The van der Waals surface area contributed by atoms with Crippen LogP contribution < -0.4 is 5.32 Å². The number of amides is 1. The molecule has 0 saturated carbocycles. The monoisotopic (exact) mass is 436 g/mol. The number of nitrogens with zero attached hydrogens (tertiary/aromatic N) is 3. The number of nitrogens with one attached hydrogen (secondary N) is 1. The third kappa shape index (κ3) is 3.75. The molecule has 4 aromatic rings. The molecule has 5 nitrogen and oxygen atoms in total. The lowest BCUT2D eigenvalue weighted by molar-refractivity contribution is 0.102. The van der Waals surface area contributed by atoms with Gasteiger partial charge in [-0.25, -0.2) is 9.67 Å².